The Morgan fingerprint density at radius 3 is 0.966 bits per heavy atom. The van der Waals surface area contributed by atoms with Crippen LogP contribution in [0.25, 0.3) is 65.8 Å². The van der Waals surface area contributed by atoms with E-state index in [-0.39, 0.29) is 28.0 Å². The van der Waals surface area contributed by atoms with E-state index in [1.807, 2.05) is 0 Å². The predicted octanol–water partition coefficient (Wildman–Crippen LogP) is 12.2. The zero-order valence-corrected chi connectivity index (χ0v) is 63.3. The molecule has 0 aliphatic heterocycles. The monoisotopic (exact) mass is 1470 g/mol. The van der Waals surface area contributed by atoms with Crippen molar-refractivity contribution in [3.8, 4) is 343 Å². The van der Waals surface area contributed by atoms with Crippen LogP contribution in [0, 0.1) is 361 Å². The first kappa shape index (κ1) is 72.1. The number of ether oxygens (including phenoxy) is 1. The van der Waals surface area contributed by atoms with Gasteiger partial charge in [-0.05, 0) is 271 Å². The number of hydrogen-bond acceptors (Lipinski definition) is 2. The molecule has 18 rings (SSSR count). The third kappa shape index (κ3) is 12.2. The topological polar surface area (TPSA) is 26.3 Å². The van der Waals surface area contributed by atoms with Gasteiger partial charge >= 0.3 is 5.97 Å². The summed E-state index contributed by atoms with van der Waals surface area (Å²) in [6, 6.07) is 11.6. The first-order valence-corrected chi connectivity index (χ1v) is 37.2. The van der Waals surface area contributed by atoms with E-state index in [0.717, 1.165) is 32.1 Å². The number of esters is 1. The number of allylic oxidation sites excluding steroid dienone is 13. The van der Waals surface area contributed by atoms with Gasteiger partial charge in [0.2, 0.25) is 0 Å². The minimum Gasteiger partial charge on any atom is -0.469 e. The molecule has 2 radical (unpaired) electrons. The Labute approximate surface area is 686 Å². The lowest BCUT2D eigenvalue weighted by Gasteiger charge is -2.35. The molecule has 0 saturated heterocycles. The summed E-state index contributed by atoms with van der Waals surface area (Å²) in [7, 11) is 9.37. The number of carbonyl (C=O) groups excluding carboxylic acids is 1. The highest BCUT2D eigenvalue weighted by Crippen LogP contribution is 2.93. The fourth-order valence-corrected chi connectivity index (χ4v) is 19.3. The van der Waals surface area contributed by atoms with Gasteiger partial charge in [0.1, 0.15) is 0 Å². The molecule has 117 heavy (non-hydrogen) atoms. The molecule has 2 nitrogen and oxygen atoms in total. The minimum absolute atomic E-state index is 0.0877. The molecule has 0 N–H and O–H groups in total. The molecule has 5 aromatic rings. The molecular weight excluding hydrogens is 1430 g/mol. The molecule has 0 amide bonds. The van der Waals surface area contributed by atoms with Crippen molar-refractivity contribution in [1.82, 2.24) is 0 Å². The minimum atomic E-state index is -0.234. The highest BCUT2D eigenvalue weighted by atomic mass is 31.0. The fraction of sp³-hybridized carbons (Fsp3) is 0.142. The van der Waals surface area contributed by atoms with Crippen molar-refractivity contribution in [3.63, 3.8) is 0 Å². The average Bonchev–Trinajstić information content (AvgIpc) is 1.39. The molecule has 1 fully saturated rings. The van der Waals surface area contributed by atoms with Crippen molar-refractivity contribution >= 4 is 88.8 Å². The maximum Gasteiger partial charge on any atom is 0.305 e. The van der Waals surface area contributed by atoms with E-state index in [0.29, 0.717) is 35.4 Å². The van der Waals surface area contributed by atoms with Crippen molar-refractivity contribution in [2.45, 2.75) is 73.9 Å². The molecule has 510 valence electrons. The van der Waals surface area contributed by atoms with E-state index in [4.69, 9.17) is 12.6 Å². The van der Waals surface area contributed by atoms with Crippen LogP contribution in [-0.2, 0) is 20.4 Å². The van der Waals surface area contributed by atoms with Gasteiger partial charge in [0.05, 0.1) is 15.0 Å². The molecule has 0 bridgehead atoms. The number of methoxy groups -OCH3 is 1. The predicted molar refractivity (Wildman–Crippen MR) is 468 cm³/mol. The van der Waals surface area contributed by atoms with Crippen molar-refractivity contribution in [3.05, 3.63) is 151 Å². The summed E-state index contributed by atoms with van der Waals surface area (Å²) in [5.74, 6) is 147. The maximum atomic E-state index is 12.8. The number of hydrogen-bond donors (Lipinski definition) is 0. The van der Waals surface area contributed by atoms with Gasteiger partial charge in [0.15, 0.2) is 0 Å². The van der Waals surface area contributed by atoms with Crippen LogP contribution in [0.3, 0.4) is 0 Å². The quantitative estimate of drug-likeness (QED) is 0.0576. The lowest BCUT2D eigenvalue weighted by molar-refractivity contribution is -0.140. The summed E-state index contributed by atoms with van der Waals surface area (Å²) in [6.07, 6.45) is 22.2. The zero-order chi connectivity index (χ0) is 79.7. The van der Waals surface area contributed by atoms with E-state index < -0.39 is 0 Å². The molecule has 0 aromatic heterocycles. The van der Waals surface area contributed by atoms with Crippen LogP contribution < -0.4 is 0 Å². The average molecular weight is 1470 g/mol. The smallest absolute Gasteiger partial charge is 0.305 e. The number of rotatable bonds is 5. The normalized spacial score (nSPS) is 18.4. The summed E-state index contributed by atoms with van der Waals surface area (Å²) < 4.78 is 5.27. The first-order chi connectivity index (χ1) is 57.8. The molecule has 13 aliphatic carbocycles. The van der Waals surface area contributed by atoms with Crippen molar-refractivity contribution < 1.29 is 9.53 Å². The van der Waals surface area contributed by atoms with Gasteiger partial charge in [-0.2, -0.15) is 0 Å². The Kier molecular flexibility index (Phi) is 19.3. The summed E-state index contributed by atoms with van der Waals surface area (Å²) in [4.78, 5) is 12.8. The third-order valence-electron chi connectivity index (χ3n) is 21.9. The lowest BCUT2D eigenvalue weighted by Crippen LogP contribution is -2.27. The van der Waals surface area contributed by atoms with Crippen LogP contribution in [0.5, 0.6) is 0 Å². The highest BCUT2D eigenvalue weighted by molar-refractivity contribution is 7.23. The van der Waals surface area contributed by atoms with E-state index in [1.165, 1.54) is 5.56 Å². The van der Waals surface area contributed by atoms with E-state index in [9.17, 15) is 4.79 Å². The molecule has 0 heterocycles. The molecule has 7 unspecified atom stereocenters. The highest BCUT2D eigenvalue weighted by Gasteiger charge is 2.90. The standard InChI is InChI=1S/C62H8BP.C51H30O2/c1-61(63)59-57-55-53-51-49-47-45-43-41-39-37-35-33-31-29-27-25-23-21-19-17-15-13-11-9-7-5-3-4-6-8-10-12-14-16-18-20-22-24-26-28-30-32-34-36-38-40-42-44-46-48-50-52-54-56-58-60-62(2)64;1-53-28(52)8-5-9-50(27-6-3-2-4-7-27)49-17-25-15-23-13-21-11-19-10-20-12-22-14-24-16-26(18-49)36-32(24)40-34(22)38-30(20)29(19)37-33(21)39-31(23)35(25)47-45-43(39)41(37)42(38)44(40)46(45)48(36)51(47,49)50/h61H,2,64H2,1H3;2-4,6-7,11-14,17-18,21-22,33-34H,5,8-10,15-16H2,1H3. The summed E-state index contributed by atoms with van der Waals surface area (Å²) in [5, 5.41) is 10.7. The Bertz CT molecular complexity index is 8050. The Hall–Kier alpha value is -17.7. The summed E-state index contributed by atoms with van der Waals surface area (Å²) in [6.45, 7) is 5.35. The van der Waals surface area contributed by atoms with E-state index in [2.05, 4.69) is 426 Å². The van der Waals surface area contributed by atoms with Gasteiger partial charge in [0.25, 0.3) is 0 Å². The molecule has 4 heteroatoms. The lowest BCUT2D eigenvalue weighted by atomic mass is 9.67. The Morgan fingerprint density at radius 2 is 0.675 bits per heavy atom. The van der Waals surface area contributed by atoms with Gasteiger partial charge in [0, 0.05) is 288 Å². The SMILES string of the molecule is COC(=O)CCCC1(c2ccccc2)C23C=C4CC5=CC6C=C7CC8=CC9C=C%10CC(=C2)c2c%10c%10c%11c%12c(c8c7c7c%12c8c(c5c4c4c8c%11c2C431)C76)C%109.[B]C(C)C#CC#CC#CC#CC#CC#CC#CC#CC#CC#CC#CC#CC#CC#CC#CC#CC#CC#CC#CC#CC#CC#CC#CC#CC#CC#CC#CC#CC#CC(=C)P. The van der Waals surface area contributed by atoms with Crippen molar-refractivity contribution in [1.29, 1.82) is 0 Å². The van der Waals surface area contributed by atoms with Gasteiger partial charge in [-0.3, -0.25) is 4.79 Å². The zero-order valence-electron chi connectivity index (χ0n) is 62.2. The fourth-order valence-electron chi connectivity index (χ4n) is 19.2. The second-order valence-electron chi connectivity index (χ2n) is 27.6. The second-order valence-corrected chi connectivity index (χ2v) is 28.3. The van der Waals surface area contributed by atoms with Gasteiger partial charge in [-0.1, -0.05) is 101 Å². The van der Waals surface area contributed by atoms with Crippen molar-refractivity contribution in [2.75, 3.05) is 7.11 Å². The largest absolute Gasteiger partial charge is 0.469 e. The van der Waals surface area contributed by atoms with Crippen LogP contribution in [-0.4, -0.2) is 20.9 Å². The Balaban J connectivity index is 0.000000169. The molecule has 1 saturated carbocycles. The van der Waals surface area contributed by atoms with E-state index >= 15 is 0 Å². The summed E-state index contributed by atoms with van der Waals surface area (Å²) >= 11 is 0. The van der Waals surface area contributed by atoms with Crippen LogP contribution in [0.4, 0.5) is 0 Å². The number of benzene rings is 5. The molecule has 7 atom stereocenters. The van der Waals surface area contributed by atoms with Gasteiger partial charge in [-0.15, -0.1) is 0 Å². The van der Waals surface area contributed by atoms with Crippen LogP contribution in [0.15, 0.2) is 78.7 Å². The van der Waals surface area contributed by atoms with Crippen molar-refractivity contribution in [2.24, 2.45) is 17.3 Å². The van der Waals surface area contributed by atoms with Gasteiger partial charge < -0.3 is 4.74 Å². The Morgan fingerprint density at radius 1 is 0.402 bits per heavy atom. The number of carbonyl (C=O) groups is 1. The molecule has 13 aliphatic rings. The third-order valence-corrected chi connectivity index (χ3v) is 22.1. The maximum absolute atomic E-state index is 12.8. The van der Waals surface area contributed by atoms with Crippen LogP contribution in [0.1, 0.15) is 130 Å². The summed E-state index contributed by atoms with van der Waals surface area (Å²) in [5.41, 5.74) is 30.7. The molecule has 5 aromatic carbocycles. The van der Waals surface area contributed by atoms with E-state index in [1.54, 1.807) is 147 Å². The first-order valence-electron chi connectivity index (χ1n) is 36.6. The molecule has 1 spiro atoms. The van der Waals surface area contributed by atoms with Crippen LogP contribution in [0.2, 0.25) is 5.82 Å². The second kappa shape index (κ2) is 31.3. The van der Waals surface area contributed by atoms with Crippen LogP contribution >= 0.6 is 9.24 Å². The van der Waals surface area contributed by atoms with Gasteiger partial charge in [-0.25, -0.2) is 0 Å². The molecular formula is C113H38BO2P.